The highest BCUT2D eigenvalue weighted by Gasteiger charge is 2.25. The monoisotopic (exact) mass is 302 g/mol. The number of piperidine rings is 1. The Morgan fingerprint density at radius 3 is 2.59 bits per heavy atom. The van der Waals surface area contributed by atoms with E-state index < -0.39 is 0 Å². The molecular formula is C17H22N2O3. The second-order valence-electron chi connectivity index (χ2n) is 6.01. The van der Waals surface area contributed by atoms with E-state index in [1.165, 1.54) is 7.11 Å². The SMILES string of the molecule is COc1cc(C#N)ccc1OCC(=O)N1CC(C)CC(C)C1. The molecule has 1 aromatic rings. The minimum absolute atomic E-state index is 0.00943. The minimum atomic E-state index is -0.0122. The number of benzene rings is 1. The number of nitriles is 1. The predicted octanol–water partition coefficient (Wildman–Crippen LogP) is 2.45. The number of hydrogen-bond donors (Lipinski definition) is 0. The van der Waals surface area contributed by atoms with E-state index in [9.17, 15) is 4.79 Å². The third-order valence-corrected chi connectivity index (χ3v) is 3.87. The van der Waals surface area contributed by atoms with Crippen molar-refractivity contribution in [2.75, 3.05) is 26.8 Å². The molecule has 1 heterocycles. The highest BCUT2D eigenvalue weighted by atomic mass is 16.5. The van der Waals surface area contributed by atoms with Crippen LogP contribution >= 0.6 is 0 Å². The molecule has 2 atom stereocenters. The van der Waals surface area contributed by atoms with Gasteiger partial charge in [-0.15, -0.1) is 0 Å². The first-order chi connectivity index (χ1) is 10.5. The van der Waals surface area contributed by atoms with Crippen molar-refractivity contribution in [3.8, 4) is 17.6 Å². The largest absolute Gasteiger partial charge is 0.493 e. The zero-order chi connectivity index (χ0) is 16.1. The van der Waals surface area contributed by atoms with Crippen LogP contribution in [0.3, 0.4) is 0 Å². The van der Waals surface area contributed by atoms with Crippen molar-refractivity contribution in [2.24, 2.45) is 11.8 Å². The first-order valence-corrected chi connectivity index (χ1v) is 7.52. The number of methoxy groups -OCH3 is 1. The van der Waals surface area contributed by atoms with Crippen molar-refractivity contribution < 1.29 is 14.3 Å². The molecule has 0 N–H and O–H groups in total. The summed E-state index contributed by atoms with van der Waals surface area (Å²) in [5.41, 5.74) is 0.495. The van der Waals surface area contributed by atoms with Gasteiger partial charge in [-0.1, -0.05) is 13.8 Å². The molecule has 0 aliphatic carbocycles. The Balaban J connectivity index is 1.98. The lowest BCUT2D eigenvalue weighted by molar-refractivity contribution is -0.136. The Labute approximate surface area is 131 Å². The summed E-state index contributed by atoms with van der Waals surface area (Å²) in [6.07, 6.45) is 1.16. The van der Waals surface area contributed by atoms with Gasteiger partial charge in [0.1, 0.15) is 0 Å². The predicted molar refractivity (Wildman–Crippen MR) is 82.7 cm³/mol. The number of ether oxygens (including phenoxy) is 2. The standard InChI is InChI=1S/C17H22N2O3/c1-12-6-13(2)10-19(9-12)17(20)11-22-15-5-4-14(8-18)7-16(15)21-3/h4-5,7,12-13H,6,9-11H2,1-3H3. The Morgan fingerprint density at radius 1 is 1.32 bits per heavy atom. The van der Waals surface area contributed by atoms with Gasteiger partial charge < -0.3 is 14.4 Å². The zero-order valence-corrected chi connectivity index (χ0v) is 13.3. The quantitative estimate of drug-likeness (QED) is 0.857. The van der Waals surface area contributed by atoms with Crippen molar-refractivity contribution >= 4 is 5.91 Å². The molecule has 5 nitrogen and oxygen atoms in total. The Kier molecular flexibility index (Phi) is 5.26. The van der Waals surface area contributed by atoms with Crippen molar-refractivity contribution in [1.82, 2.24) is 4.90 Å². The molecule has 2 rings (SSSR count). The number of amides is 1. The van der Waals surface area contributed by atoms with Crippen LogP contribution in [0.5, 0.6) is 11.5 Å². The molecule has 1 aliphatic rings. The fourth-order valence-electron chi connectivity index (χ4n) is 2.95. The molecule has 5 heteroatoms. The smallest absolute Gasteiger partial charge is 0.260 e. The van der Waals surface area contributed by atoms with Crippen LogP contribution in [0.25, 0.3) is 0 Å². The van der Waals surface area contributed by atoms with Crippen LogP contribution in [-0.2, 0) is 4.79 Å². The molecule has 1 amide bonds. The summed E-state index contributed by atoms with van der Waals surface area (Å²) in [5, 5.41) is 8.88. The van der Waals surface area contributed by atoms with Crippen LogP contribution < -0.4 is 9.47 Å². The van der Waals surface area contributed by atoms with E-state index in [0.717, 1.165) is 19.5 Å². The molecule has 22 heavy (non-hydrogen) atoms. The lowest BCUT2D eigenvalue weighted by Gasteiger charge is -2.34. The molecule has 0 spiro atoms. The van der Waals surface area contributed by atoms with Crippen LogP contribution in [0.2, 0.25) is 0 Å². The van der Waals surface area contributed by atoms with Crippen LogP contribution in [0.4, 0.5) is 0 Å². The summed E-state index contributed by atoms with van der Waals surface area (Å²) < 4.78 is 10.8. The summed E-state index contributed by atoms with van der Waals surface area (Å²) in [4.78, 5) is 14.2. The van der Waals surface area contributed by atoms with Crippen molar-refractivity contribution in [2.45, 2.75) is 20.3 Å². The van der Waals surface area contributed by atoms with Gasteiger partial charge >= 0.3 is 0 Å². The van der Waals surface area contributed by atoms with E-state index in [1.54, 1.807) is 18.2 Å². The molecule has 0 radical (unpaired) electrons. The van der Waals surface area contributed by atoms with Gasteiger partial charge in [-0.25, -0.2) is 0 Å². The molecule has 118 valence electrons. The third-order valence-electron chi connectivity index (χ3n) is 3.87. The molecule has 0 bridgehead atoms. The van der Waals surface area contributed by atoms with Crippen LogP contribution in [0.15, 0.2) is 18.2 Å². The topological polar surface area (TPSA) is 62.6 Å². The fraction of sp³-hybridized carbons (Fsp3) is 0.529. The van der Waals surface area contributed by atoms with E-state index in [4.69, 9.17) is 14.7 Å². The van der Waals surface area contributed by atoms with E-state index in [-0.39, 0.29) is 12.5 Å². The minimum Gasteiger partial charge on any atom is -0.493 e. The van der Waals surface area contributed by atoms with Crippen LogP contribution in [-0.4, -0.2) is 37.6 Å². The van der Waals surface area contributed by atoms with Gasteiger partial charge in [-0.2, -0.15) is 5.26 Å². The maximum atomic E-state index is 12.3. The molecular weight excluding hydrogens is 280 g/mol. The van der Waals surface area contributed by atoms with E-state index in [2.05, 4.69) is 13.8 Å². The van der Waals surface area contributed by atoms with Crippen molar-refractivity contribution in [3.05, 3.63) is 23.8 Å². The van der Waals surface area contributed by atoms with E-state index in [1.807, 2.05) is 11.0 Å². The normalized spacial score (nSPS) is 21.1. The van der Waals surface area contributed by atoms with Crippen LogP contribution in [0.1, 0.15) is 25.8 Å². The van der Waals surface area contributed by atoms with Gasteiger partial charge in [0.05, 0.1) is 18.7 Å². The average molecular weight is 302 g/mol. The maximum absolute atomic E-state index is 12.3. The summed E-state index contributed by atoms with van der Waals surface area (Å²) in [7, 11) is 1.51. The number of hydrogen-bond acceptors (Lipinski definition) is 4. The van der Waals surface area contributed by atoms with E-state index in [0.29, 0.717) is 28.9 Å². The van der Waals surface area contributed by atoms with Gasteiger partial charge in [-0.05, 0) is 30.4 Å². The molecule has 1 saturated heterocycles. The summed E-state index contributed by atoms with van der Waals surface area (Å²) in [6, 6.07) is 6.95. The molecule has 1 aliphatic heterocycles. The van der Waals surface area contributed by atoms with E-state index >= 15 is 0 Å². The lowest BCUT2D eigenvalue weighted by atomic mass is 9.92. The first-order valence-electron chi connectivity index (χ1n) is 7.52. The zero-order valence-electron chi connectivity index (χ0n) is 13.3. The number of carbonyl (C=O) groups excluding carboxylic acids is 1. The highest BCUT2D eigenvalue weighted by molar-refractivity contribution is 5.78. The fourth-order valence-corrected chi connectivity index (χ4v) is 2.95. The average Bonchev–Trinajstić information content (AvgIpc) is 2.51. The second-order valence-corrected chi connectivity index (χ2v) is 6.01. The van der Waals surface area contributed by atoms with Crippen molar-refractivity contribution in [1.29, 1.82) is 5.26 Å². The third kappa shape index (κ3) is 3.91. The number of likely N-dealkylation sites (tertiary alicyclic amines) is 1. The number of nitrogens with zero attached hydrogens (tertiary/aromatic N) is 2. The lowest BCUT2D eigenvalue weighted by Crippen LogP contribution is -2.44. The Hall–Kier alpha value is -2.22. The summed E-state index contributed by atoms with van der Waals surface area (Å²) in [5.74, 6) is 1.99. The maximum Gasteiger partial charge on any atom is 0.260 e. The second kappa shape index (κ2) is 7.17. The van der Waals surface area contributed by atoms with Crippen LogP contribution in [0, 0.1) is 23.2 Å². The first kappa shape index (κ1) is 16.2. The Morgan fingerprint density at radius 2 is 2.00 bits per heavy atom. The molecule has 2 unspecified atom stereocenters. The molecule has 1 fully saturated rings. The molecule has 0 aromatic heterocycles. The number of carbonyl (C=O) groups is 1. The highest BCUT2D eigenvalue weighted by Crippen LogP contribution is 2.28. The van der Waals surface area contributed by atoms with Gasteiger partial charge in [-0.3, -0.25) is 4.79 Å². The van der Waals surface area contributed by atoms with Gasteiger partial charge in [0, 0.05) is 19.2 Å². The molecule has 0 saturated carbocycles. The van der Waals surface area contributed by atoms with Gasteiger partial charge in [0.25, 0.3) is 5.91 Å². The van der Waals surface area contributed by atoms with Crippen molar-refractivity contribution in [3.63, 3.8) is 0 Å². The summed E-state index contributed by atoms with van der Waals surface area (Å²) in [6.45, 7) is 5.90. The molecule has 1 aromatic carbocycles. The van der Waals surface area contributed by atoms with Gasteiger partial charge in [0.15, 0.2) is 18.1 Å². The Bertz CT molecular complexity index is 570. The number of rotatable bonds is 4. The van der Waals surface area contributed by atoms with Gasteiger partial charge in [0.2, 0.25) is 0 Å². The summed E-state index contributed by atoms with van der Waals surface area (Å²) >= 11 is 0.